The van der Waals surface area contributed by atoms with Crippen molar-refractivity contribution in [3.05, 3.63) is 47.3 Å². The number of aromatic nitrogens is 2. The molecule has 0 bridgehead atoms. The van der Waals surface area contributed by atoms with Gasteiger partial charge in [0.15, 0.2) is 5.69 Å². The lowest BCUT2D eigenvalue weighted by Gasteiger charge is -2.08. The first-order valence-electron chi connectivity index (χ1n) is 6.43. The maximum atomic E-state index is 11.5. The van der Waals surface area contributed by atoms with Gasteiger partial charge >= 0.3 is 11.9 Å². The van der Waals surface area contributed by atoms with Gasteiger partial charge in [0.25, 0.3) is 0 Å². The van der Waals surface area contributed by atoms with E-state index in [9.17, 15) is 9.59 Å². The Morgan fingerprint density at radius 1 is 1.00 bits per heavy atom. The van der Waals surface area contributed by atoms with Crippen LogP contribution in [0.4, 0.5) is 11.6 Å². The molecule has 0 atom stereocenters. The molecule has 2 rings (SSSR count). The Morgan fingerprint density at radius 2 is 1.64 bits per heavy atom. The van der Waals surface area contributed by atoms with Crippen LogP contribution in [0.15, 0.2) is 30.3 Å². The number of rotatable bonds is 4. The molecular weight excluding hydrogens is 286 g/mol. The third-order valence-electron chi connectivity index (χ3n) is 2.81. The van der Waals surface area contributed by atoms with Crippen molar-refractivity contribution in [1.82, 2.24) is 9.97 Å². The minimum Gasteiger partial charge on any atom is -0.465 e. The average molecular weight is 301 g/mol. The number of hydrogen-bond acceptors (Lipinski definition) is 7. The Bertz CT molecular complexity index is 698. The van der Waals surface area contributed by atoms with Gasteiger partial charge < -0.3 is 14.8 Å². The summed E-state index contributed by atoms with van der Waals surface area (Å²) in [7, 11) is 2.61. The number of aryl methyl sites for hydroxylation is 1. The molecule has 2 aromatic rings. The summed E-state index contributed by atoms with van der Waals surface area (Å²) in [6.45, 7) is 1.75. The summed E-state index contributed by atoms with van der Waals surface area (Å²) >= 11 is 0. The molecule has 1 N–H and O–H groups in total. The van der Waals surface area contributed by atoms with E-state index >= 15 is 0 Å². The standard InChI is InChI=1S/C15H15N3O4/c1-9-8-12(14(20)22-3)18-15(16-9)17-11-6-4-10(5-7-11)13(19)21-2/h4-8H,1-3H3,(H,16,17,18). The number of anilines is 2. The van der Waals surface area contributed by atoms with Crippen molar-refractivity contribution in [3.63, 3.8) is 0 Å². The Hall–Kier alpha value is -2.96. The number of carbonyl (C=O) groups is 2. The van der Waals surface area contributed by atoms with Crippen LogP contribution in [0.2, 0.25) is 0 Å². The number of ether oxygens (including phenoxy) is 2. The summed E-state index contributed by atoms with van der Waals surface area (Å²) in [5.41, 5.74) is 1.91. The molecule has 114 valence electrons. The van der Waals surface area contributed by atoms with Crippen molar-refractivity contribution in [2.24, 2.45) is 0 Å². The zero-order valence-electron chi connectivity index (χ0n) is 12.4. The van der Waals surface area contributed by atoms with Gasteiger partial charge in [0.1, 0.15) is 0 Å². The van der Waals surface area contributed by atoms with E-state index in [1.807, 2.05) is 0 Å². The lowest BCUT2D eigenvalue weighted by atomic mass is 10.2. The molecule has 0 amide bonds. The maximum absolute atomic E-state index is 11.5. The molecule has 7 heteroatoms. The first-order valence-corrected chi connectivity index (χ1v) is 6.43. The van der Waals surface area contributed by atoms with Crippen LogP contribution in [0.1, 0.15) is 26.5 Å². The molecule has 0 saturated heterocycles. The molecule has 1 heterocycles. The largest absolute Gasteiger partial charge is 0.465 e. The minimum absolute atomic E-state index is 0.170. The molecule has 1 aromatic heterocycles. The van der Waals surface area contributed by atoms with Crippen molar-refractivity contribution >= 4 is 23.6 Å². The topological polar surface area (TPSA) is 90.4 Å². The van der Waals surface area contributed by atoms with Crippen LogP contribution in [0.5, 0.6) is 0 Å². The number of methoxy groups -OCH3 is 2. The van der Waals surface area contributed by atoms with Gasteiger partial charge in [-0.05, 0) is 37.3 Å². The smallest absolute Gasteiger partial charge is 0.356 e. The second-order valence-electron chi connectivity index (χ2n) is 4.40. The van der Waals surface area contributed by atoms with Crippen LogP contribution in [-0.2, 0) is 9.47 Å². The van der Waals surface area contributed by atoms with Gasteiger partial charge in [-0.1, -0.05) is 0 Å². The first-order chi connectivity index (χ1) is 10.5. The maximum Gasteiger partial charge on any atom is 0.356 e. The Labute approximate surface area is 127 Å². The van der Waals surface area contributed by atoms with Gasteiger partial charge in [0.2, 0.25) is 5.95 Å². The second kappa shape index (κ2) is 6.66. The highest BCUT2D eigenvalue weighted by molar-refractivity contribution is 5.90. The predicted octanol–water partition coefficient (Wildman–Crippen LogP) is 2.10. The first kappa shape index (κ1) is 15.4. The summed E-state index contributed by atoms with van der Waals surface area (Å²) in [4.78, 5) is 31.2. The zero-order valence-corrected chi connectivity index (χ0v) is 12.4. The number of hydrogen-bond donors (Lipinski definition) is 1. The lowest BCUT2D eigenvalue weighted by molar-refractivity contribution is 0.0588. The molecule has 0 spiro atoms. The molecule has 0 unspecified atom stereocenters. The van der Waals surface area contributed by atoms with E-state index in [1.165, 1.54) is 20.3 Å². The van der Waals surface area contributed by atoms with Crippen LogP contribution in [0.25, 0.3) is 0 Å². The van der Waals surface area contributed by atoms with Crippen LogP contribution in [0.3, 0.4) is 0 Å². The van der Waals surface area contributed by atoms with Crippen molar-refractivity contribution < 1.29 is 19.1 Å². The molecule has 1 aromatic carbocycles. The van der Waals surface area contributed by atoms with Gasteiger partial charge in [-0.25, -0.2) is 19.6 Å². The molecule has 0 radical (unpaired) electrons. The molecular formula is C15H15N3O4. The Kier molecular flexibility index (Phi) is 4.67. The third-order valence-corrected chi connectivity index (χ3v) is 2.81. The molecule has 0 fully saturated rings. The highest BCUT2D eigenvalue weighted by Crippen LogP contribution is 2.15. The van der Waals surface area contributed by atoms with E-state index in [1.54, 1.807) is 31.2 Å². The van der Waals surface area contributed by atoms with Crippen molar-refractivity contribution in [2.75, 3.05) is 19.5 Å². The van der Waals surface area contributed by atoms with Crippen LogP contribution < -0.4 is 5.32 Å². The number of benzene rings is 1. The Balaban J connectivity index is 2.21. The van der Waals surface area contributed by atoms with Crippen molar-refractivity contribution in [1.29, 1.82) is 0 Å². The predicted molar refractivity (Wildman–Crippen MR) is 79.2 cm³/mol. The number of carbonyl (C=O) groups excluding carboxylic acids is 2. The highest BCUT2D eigenvalue weighted by Gasteiger charge is 2.11. The summed E-state index contributed by atoms with van der Waals surface area (Å²) < 4.78 is 9.27. The van der Waals surface area contributed by atoms with Crippen LogP contribution in [-0.4, -0.2) is 36.1 Å². The summed E-state index contributed by atoms with van der Waals surface area (Å²) in [5, 5.41) is 2.97. The Morgan fingerprint density at radius 3 is 2.23 bits per heavy atom. The molecule has 0 aliphatic heterocycles. The fourth-order valence-electron chi connectivity index (χ4n) is 1.77. The van der Waals surface area contributed by atoms with E-state index in [2.05, 4.69) is 24.8 Å². The van der Waals surface area contributed by atoms with Crippen LogP contribution in [0, 0.1) is 6.92 Å². The molecule has 0 saturated carbocycles. The molecule has 7 nitrogen and oxygen atoms in total. The summed E-state index contributed by atoms with van der Waals surface area (Å²) in [6, 6.07) is 8.15. The zero-order chi connectivity index (χ0) is 16.1. The van der Waals surface area contributed by atoms with Gasteiger partial charge in [-0.3, -0.25) is 0 Å². The SMILES string of the molecule is COC(=O)c1ccc(Nc2nc(C)cc(C(=O)OC)n2)cc1. The number of nitrogens with one attached hydrogen (secondary N) is 1. The van der Waals surface area contributed by atoms with Crippen molar-refractivity contribution in [3.8, 4) is 0 Å². The van der Waals surface area contributed by atoms with E-state index in [-0.39, 0.29) is 11.6 Å². The highest BCUT2D eigenvalue weighted by atomic mass is 16.5. The monoisotopic (exact) mass is 301 g/mol. The van der Waals surface area contributed by atoms with Gasteiger partial charge in [0.05, 0.1) is 19.8 Å². The minimum atomic E-state index is -0.533. The quantitative estimate of drug-likeness (QED) is 0.865. The van der Waals surface area contributed by atoms with Gasteiger partial charge in [0, 0.05) is 11.4 Å². The van der Waals surface area contributed by atoms with Gasteiger partial charge in [-0.2, -0.15) is 0 Å². The van der Waals surface area contributed by atoms with E-state index in [0.717, 1.165) is 0 Å². The third kappa shape index (κ3) is 3.57. The number of esters is 2. The summed E-state index contributed by atoms with van der Waals surface area (Å²) in [5.74, 6) is -0.674. The van der Waals surface area contributed by atoms with Crippen molar-refractivity contribution in [2.45, 2.75) is 6.92 Å². The van der Waals surface area contributed by atoms with E-state index < -0.39 is 11.9 Å². The fourth-order valence-corrected chi connectivity index (χ4v) is 1.77. The van der Waals surface area contributed by atoms with Crippen LogP contribution >= 0.6 is 0 Å². The second-order valence-corrected chi connectivity index (χ2v) is 4.40. The summed E-state index contributed by atoms with van der Waals surface area (Å²) in [6.07, 6.45) is 0. The molecule has 22 heavy (non-hydrogen) atoms. The fraction of sp³-hybridized carbons (Fsp3) is 0.200. The molecule has 0 aliphatic rings. The lowest BCUT2D eigenvalue weighted by Crippen LogP contribution is -2.08. The van der Waals surface area contributed by atoms with E-state index in [0.29, 0.717) is 16.9 Å². The normalized spacial score (nSPS) is 9.95. The molecule has 0 aliphatic carbocycles. The average Bonchev–Trinajstić information content (AvgIpc) is 2.53. The van der Waals surface area contributed by atoms with E-state index in [4.69, 9.17) is 0 Å². The number of nitrogens with zero attached hydrogens (tertiary/aromatic N) is 2. The van der Waals surface area contributed by atoms with Gasteiger partial charge in [-0.15, -0.1) is 0 Å².